The van der Waals surface area contributed by atoms with Gasteiger partial charge in [-0.2, -0.15) is 0 Å². The Morgan fingerprint density at radius 1 is 0.718 bits per heavy atom. The Balaban J connectivity index is 1.52. The van der Waals surface area contributed by atoms with Gasteiger partial charge >= 0.3 is 0 Å². The fourth-order valence-electron chi connectivity index (χ4n) is 3.61. The molecule has 1 aliphatic heterocycles. The molecule has 2 heterocycles. The summed E-state index contributed by atoms with van der Waals surface area (Å²) in [6.45, 7) is 0.776. The molecule has 0 bridgehead atoms. The van der Waals surface area contributed by atoms with Gasteiger partial charge in [0.2, 0.25) is 23.6 Å². The first-order valence-electron chi connectivity index (χ1n) is 12.5. The quantitative estimate of drug-likeness (QED) is 0.0803. The molecule has 2 rings (SSSR count). The minimum Gasteiger partial charge on any atom is -0.494 e. The number of nitrogens with zero attached hydrogens (tertiary/aromatic N) is 2. The maximum Gasteiger partial charge on any atom is 0.253 e. The lowest BCUT2D eigenvalue weighted by molar-refractivity contribution is -0.137. The standard InChI is InChI=1S/C24H35N7O8/c1-25-16(14-19(34)28-10-8-26-17(32)6-12-30-21(36)2-3-22(30)37)15-20(35)29-11-9-27-18(33)7-13-31-23(38)4-5-24(31)39/h2-5,16,25,36-37H,6-15H2,1H3,(H,26,32)(H,27,33)(H,28,34)(H,29,35). The van der Waals surface area contributed by atoms with Crippen molar-refractivity contribution in [2.75, 3.05) is 39.8 Å². The summed E-state index contributed by atoms with van der Waals surface area (Å²) in [7, 11) is 1.62. The number of amides is 6. The molecule has 0 spiro atoms. The number of aromatic hydroxyl groups is 2. The average Bonchev–Trinajstić information content (AvgIpc) is 3.40. The van der Waals surface area contributed by atoms with Crippen molar-refractivity contribution in [3.63, 3.8) is 0 Å². The predicted molar refractivity (Wildman–Crippen MR) is 137 cm³/mol. The molecular formula is C24H35N7O8. The first-order valence-corrected chi connectivity index (χ1v) is 12.5. The van der Waals surface area contributed by atoms with Gasteiger partial charge in [0.1, 0.15) is 0 Å². The predicted octanol–water partition coefficient (Wildman–Crippen LogP) is -2.56. The number of carbonyl (C=O) groups is 6. The maximum absolute atomic E-state index is 12.2. The van der Waals surface area contributed by atoms with Gasteiger partial charge < -0.3 is 36.8 Å². The molecule has 0 saturated carbocycles. The third-order valence-electron chi connectivity index (χ3n) is 5.77. The topological polar surface area (TPSA) is 211 Å². The zero-order chi connectivity index (χ0) is 28.8. The van der Waals surface area contributed by atoms with Crippen LogP contribution in [0.2, 0.25) is 0 Å². The van der Waals surface area contributed by atoms with E-state index in [2.05, 4.69) is 26.6 Å². The molecule has 0 aromatic carbocycles. The third-order valence-corrected chi connectivity index (χ3v) is 5.77. The Morgan fingerprint density at radius 2 is 1.13 bits per heavy atom. The van der Waals surface area contributed by atoms with Crippen LogP contribution in [0.15, 0.2) is 24.3 Å². The number of hydrogen-bond donors (Lipinski definition) is 7. The van der Waals surface area contributed by atoms with Gasteiger partial charge in [0.05, 0.1) is 0 Å². The summed E-state index contributed by atoms with van der Waals surface area (Å²) >= 11 is 0. The lowest BCUT2D eigenvalue weighted by Gasteiger charge is -2.16. The van der Waals surface area contributed by atoms with E-state index in [0.717, 1.165) is 17.1 Å². The van der Waals surface area contributed by atoms with Crippen molar-refractivity contribution in [1.29, 1.82) is 0 Å². The smallest absolute Gasteiger partial charge is 0.253 e. The number of aromatic nitrogens is 1. The van der Waals surface area contributed by atoms with Crippen LogP contribution >= 0.6 is 0 Å². The van der Waals surface area contributed by atoms with E-state index in [1.807, 2.05) is 0 Å². The molecule has 0 fully saturated rings. The van der Waals surface area contributed by atoms with E-state index in [4.69, 9.17) is 0 Å². The van der Waals surface area contributed by atoms with Crippen LogP contribution < -0.4 is 26.6 Å². The summed E-state index contributed by atoms with van der Waals surface area (Å²) in [6, 6.07) is 2.20. The second-order valence-corrected chi connectivity index (χ2v) is 8.66. The van der Waals surface area contributed by atoms with Crippen molar-refractivity contribution in [1.82, 2.24) is 36.1 Å². The molecule has 7 N–H and O–H groups in total. The van der Waals surface area contributed by atoms with Crippen LogP contribution in [0.25, 0.3) is 0 Å². The van der Waals surface area contributed by atoms with E-state index in [-0.39, 0.29) is 100 Å². The average molecular weight is 550 g/mol. The van der Waals surface area contributed by atoms with Crippen molar-refractivity contribution < 1.29 is 39.0 Å². The van der Waals surface area contributed by atoms with Crippen LogP contribution in [0.4, 0.5) is 0 Å². The van der Waals surface area contributed by atoms with E-state index in [0.29, 0.717) is 0 Å². The molecular weight excluding hydrogens is 514 g/mol. The lowest BCUT2D eigenvalue weighted by atomic mass is 10.1. The largest absolute Gasteiger partial charge is 0.494 e. The SMILES string of the molecule is CNC(CC(=O)NCCNC(=O)CCN1C(=O)C=CC1=O)CC(=O)NCCNC(=O)CCn1c(O)ccc1O. The van der Waals surface area contributed by atoms with E-state index < -0.39 is 17.9 Å². The first-order chi connectivity index (χ1) is 18.6. The molecule has 15 nitrogen and oxygen atoms in total. The number of imide groups is 1. The van der Waals surface area contributed by atoms with E-state index >= 15 is 0 Å². The molecule has 1 aromatic heterocycles. The van der Waals surface area contributed by atoms with Gasteiger partial charge in [-0.25, -0.2) is 0 Å². The number of rotatable bonds is 17. The maximum atomic E-state index is 12.2. The van der Waals surface area contributed by atoms with Gasteiger partial charge in [0, 0.05) is 95.3 Å². The van der Waals surface area contributed by atoms with Crippen LogP contribution in [0.5, 0.6) is 11.8 Å². The van der Waals surface area contributed by atoms with Gasteiger partial charge in [-0.05, 0) is 7.05 Å². The molecule has 1 unspecified atom stereocenters. The second-order valence-electron chi connectivity index (χ2n) is 8.66. The minimum atomic E-state index is -0.455. The summed E-state index contributed by atoms with van der Waals surface area (Å²) in [5.74, 6) is -2.50. The molecule has 0 aliphatic carbocycles. The van der Waals surface area contributed by atoms with Crippen molar-refractivity contribution in [3.8, 4) is 11.8 Å². The minimum absolute atomic E-state index is 0.0215. The Labute approximate surface area is 225 Å². The van der Waals surface area contributed by atoms with E-state index in [1.54, 1.807) is 7.05 Å². The Bertz CT molecular complexity index is 1050. The highest BCUT2D eigenvalue weighted by atomic mass is 16.3. The van der Waals surface area contributed by atoms with Gasteiger partial charge in [0.25, 0.3) is 11.8 Å². The second kappa shape index (κ2) is 15.8. The van der Waals surface area contributed by atoms with Crippen molar-refractivity contribution in [2.24, 2.45) is 0 Å². The molecule has 214 valence electrons. The van der Waals surface area contributed by atoms with Crippen molar-refractivity contribution in [3.05, 3.63) is 24.3 Å². The Hall–Kier alpha value is -4.40. The summed E-state index contributed by atoms with van der Waals surface area (Å²) in [5, 5.41) is 32.5. The molecule has 1 aliphatic rings. The third kappa shape index (κ3) is 10.9. The summed E-state index contributed by atoms with van der Waals surface area (Å²) in [6.07, 6.45) is 2.34. The van der Waals surface area contributed by atoms with Gasteiger partial charge in [-0.15, -0.1) is 0 Å². The molecule has 0 radical (unpaired) electrons. The normalized spacial score (nSPS) is 13.3. The highest BCUT2D eigenvalue weighted by Gasteiger charge is 2.23. The fraction of sp³-hybridized carbons (Fsp3) is 0.500. The van der Waals surface area contributed by atoms with Crippen LogP contribution in [0.3, 0.4) is 0 Å². The Kier molecular flexibility index (Phi) is 12.5. The Morgan fingerprint density at radius 3 is 1.56 bits per heavy atom. The highest BCUT2D eigenvalue weighted by Crippen LogP contribution is 2.20. The van der Waals surface area contributed by atoms with Gasteiger partial charge in [0.15, 0.2) is 11.8 Å². The van der Waals surface area contributed by atoms with Crippen LogP contribution in [0, 0.1) is 0 Å². The molecule has 6 amide bonds. The fourth-order valence-corrected chi connectivity index (χ4v) is 3.61. The van der Waals surface area contributed by atoms with Crippen LogP contribution in [-0.4, -0.2) is 101 Å². The van der Waals surface area contributed by atoms with Gasteiger partial charge in [-0.3, -0.25) is 38.2 Å². The summed E-state index contributed by atoms with van der Waals surface area (Å²) in [4.78, 5) is 72.0. The lowest BCUT2D eigenvalue weighted by Crippen LogP contribution is -2.41. The molecule has 1 aromatic rings. The van der Waals surface area contributed by atoms with Crippen LogP contribution in [-0.2, 0) is 35.3 Å². The van der Waals surface area contributed by atoms with E-state index in [9.17, 15) is 39.0 Å². The van der Waals surface area contributed by atoms with Crippen molar-refractivity contribution in [2.45, 2.75) is 38.3 Å². The highest BCUT2D eigenvalue weighted by molar-refractivity contribution is 6.13. The monoisotopic (exact) mass is 549 g/mol. The molecule has 39 heavy (non-hydrogen) atoms. The van der Waals surface area contributed by atoms with Crippen LogP contribution in [0.1, 0.15) is 25.7 Å². The summed E-state index contributed by atoms with van der Waals surface area (Å²) in [5.41, 5.74) is 0. The van der Waals surface area contributed by atoms with Crippen molar-refractivity contribution >= 4 is 35.4 Å². The molecule has 15 heteroatoms. The zero-order valence-corrected chi connectivity index (χ0v) is 21.7. The molecule has 1 atom stereocenters. The summed E-state index contributed by atoms with van der Waals surface area (Å²) < 4.78 is 1.19. The van der Waals surface area contributed by atoms with E-state index in [1.165, 1.54) is 16.7 Å². The van der Waals surface area contributed by atoms with Gasteiger partial charge in [-0.1, -0.05) is 0 Å². The zero-order valence-electron chi connectivity index (χ0n) is 21.7. The number of hydrogen-bond acceptors (Lipinski definition) is 9. The first kappa shape index (κ1) is 30.8. The molecule has 0 saturated heterocycles. The number of nitrogens with one attached hydrogen (secondary N) is 5. The number of carbonyl (C=O) groups excluding carboxylic acids is 6.